The van der Waals surface area contributed by atoms with Gasteiger partial charge in [-0.15, -0.1) is 0 Å². The molecule has 0 bridgehead atoms. The van der Waals surface area contributed by atoms with Gasteiger partial charge in [0.1, 0.15) is 5.82 Å². The van der Waals surface area contributed by atoms with Gasteiger partial charge in [0.2, 0.25) is 18.1 Å². The Balaban J connectivity index is 1.37. The molecule has 11 nitrogen and oxygen atoms in total. The Hall–Kier alpha value is -4.26. The van der Waals surface area contributed by atoms with Crippen LogP contribution in [0, 0.1) is 11.2 Å². The van der Waals surface area contributed by atoms with E-state index in [1.807, 2.05) is 0 Å². The third-order valence-electron chi connectivity index (χ3n) is 6.36. The van der Waals surface area contributed by atoms with Gasteiger partial charge in [-0.1, -0.05) is 0 Å². The summed E-state index contributed by atoms with van der Waals surface area (Å²) in [6.45, 7) is 3.25. The normalized spacial score (nSPS) is 18.8. The van der Waals surface area contributed by atoms with E-state index >= 15 is 0 Å². The highest BCUT2D eigenvalue weighted by atomic mass is 19.1. The number of hydrogen-bond acceptors (Lipinski definition) is 9. The number of aromatic nitrogens is 5. The fraction of sp³-hybridized carbons (Fsp3) is 0.321. The first kappa shape index (κ1) is 27.3. The number of rotatable bonds is 10. The van der Waals surface area contributed by atoms with Gasteiger partial charge >= 0.3 is 0 Å². The number of carbonyl (C=O) groups is 1. The number of pyridine rings is 1. The maximum atomic E-state index is 13.7. The molecule has 4 aromatic rings. The summed E-state index contributed by atoms with van der Waals surface area (Å²) in [5, 5.41) is 6.04. The molecule has 12 heteroatoms. The number of anilines is 2. The number of imidazole rings is 1. The lowest BCUT2D eigenvalue weighted by Crippen LogP contribution is -2.45. The number of aromatic amines is 1. The van der Waals surface area contributed by atoms with Crippen molar-refractivity contribution < 1.29 is 23.4 Å². The average Bonchev–Trinajstić information content (AvgIpc) is 3.42. The van der Waals surface area contributed by atoms with Crippen molar-refractivity contribution in [3.63, 3.8) is 0 Å². The number of methoxy groups -OCH3 is 1. The summed E-state index contributed by atoms with van der Waals surface area (Å²) >= 11 is 0. The standard InChI is InChI=1S/C28H30FN7O4/c1-28(26(37)33-20-5-3-11-30-15-20)16-39-25(40-17-28)24-35-22(18-6-8-19(29)9-7-18)23(36-24)21-10-13-32-27(34-21)31-12-4-14-38-2/h3,5-11,13,15,25H,4,12,14,16-17H2,1-2H3,(H,33,37)(H,35,36)(H,31,32,34). The Morgan fingerprint density at radius 1 is 1.15 bits per heavy atom. The number of nitrogens with one attached hydrogen (secondary N) is 3. The van der Waals surface area contributed by atoms with Crippen LogP contribution in [0.2, 0.25) is 0 Å². The predicted octanol–water partition coefficient (Wildman–Crippen LogP) is 4.21. The van der Waals surface area contributed by atoms with Crippen molar-refractivity contribution >= 4 is 17.5 Å². The molecule has 1 aliphatic rings. The fourth-order valence-corrected chi connectivity index (χ4v) is 4.12. The van der Waals surface area contributed by atoms with E-state index in [9.17, 15) is 9.18 Å². The van der Waals surface area contributed by atoms with Crippen LogP contribution < -0.4 is 10.6 Å². The summed E-state index contributed by atoms with van der Waals surface area (Å²) in [6.07, 6.45) is 4.81. The van der Waals surface area contributed by atoms with Crippen molar-refractivity contribution in [2.45, 2.75) is 19.6 Å². The van der Waals surface area contributed by atoms with Crippen molar-refractivity contribution in [3.05, 3.63) is 72.7 Å². The first-order valence-electron chi connectivity index (χ1n) is 12.8. The molecule has 3 N–H and O–H groups in total. The van der Waals surface area contributed by atoms with E-state index in [0.29, 0.717) is 53.3 Å². The van der Waals surface area contributed by atoms with Gasteiger partial charge in [-0.25, -0.2) is 19.3 Å². The van der Waals surface area contributed by atoms with E-state index in [1.165, 1.54) is 12.1 Å². The lowest BCUT2D eigenvalue weighted by molar-refractivity contribution is -0.229. The van der Waals surface area contributed by atoms with Gasteiger partial charge < -0.3 is 29.8 Å². The van der Waals surface area contributed by atoms with E-state index < -0.39 is 11.7 Å². The van der Waals surface area contributed by atoms with Crippen LogP contribution in [0.25, 0.3) is 22.6 Å². The molecular formula is C28H30FN7O4. The smallest absolute Gasteiger partial charge is 0.235 e. The van der Waals surface area contributed by atoms with Crippen molar-refractivity contribution in [1.82, 2.24) is 24.9 Å². The maximum absolute atomic E-state index is 13.7. The largest absolute Gasteiger partial charge is 0.385 e. The van der Waals surface area contributed by atoms with Gasteiger partial charge in [-0.05, 0) is 55.8 Å². The molecule has 0 spiro atoms. The van der Waals surface area contributed by atoms with E-state index in [1.54, 1.807) is 63.0 Å². The molecule has 3 aromatic heterocycles. The number of benzene rings is 1. The Morgan fingerprint density at radius 2 is 1.95 bits per heavy atom. The van der Waals surface area contributed by atoms with Crippen molar-refractivity contribution in [2.24, 2.45) is 5.41 Å². The van der Waals surface area contributed by atoms with Crippen LogP contribution in [0.3, 0.4) is 0 Å². The maximum Gasteiger partial charge on any atom is 0.235 e. The molecule has 5 rings (SSSR count). The minimum Gasteiger partial charge on any atom is -0.385 e. The second-order valence-electron chi connectivity index (χ2n) is 9.60. The van der Waals surface area contributed by atoms with Crippen molar-refractivity contribution in [3.8, 4) is 22.6 Å². The molecule has 1 saturated heterocycles. The number of halogens is 1. The van der Waals surface area contributed by atoms with Gasteiger partial charge in [0.15, 0.2) is 5.82 Å². The summed E-state index contributed by atoms with van der Waals surface area (Å²) in [7, 11) is 1.65. The molecule has 1 aliphatic heterocycles. The molecule has 0 atom stereocenters. The molecule has 0 radical (unpaired) electrons. The second kappa shape index (κ2) is 12.3. The van der Waals surface area contributed by atoms with Crippen LogP contribution in [-0.2, 0) is 19.0 Å². The summed E-state index contributed by atoms with van der Waals surface area (Å²) in [6, 6.07) is 11.3. The zero-order chi connectivity index (χ0) is 28.0. The Morgan fingerprint density at radius 3 is 2.67 bits per heavy atom. The monoisotopic (exact) mass is 547 g/mol. The summed E-state index contributed by atoms with van der Waals surface area (Å²) in [4.78, 5) is 33.9. The number of carbonyl (C=O) groups excluding carboxylic acids is 1. The first-order valence-corrected chi connectivity index (χ1v) is 12.8. The van der Waals surface area contributed by atoms with Gasteiger partial charge in [0.05, 0.1) is 47.6 Å². The highest BCUT2D eigenvalue weighted by Crippen LogP contribution is 2.36. The van der Waals surface area contributed by atoms with E-state index in [-0.39, 0.29) is 24.9 Å². The van der Waals surface area contributed by atoms with Crippen LogP contribution in [0.4, 0.5) is 16.0 Å². The third kappa shape index (κ3) is 6.30. The lowest BCUT2D eigenvalue weighted by atomic mass is 9.91. The molecule has 40 heavy (non-hydrogen) atoms. The van der Waals surface area contributed by atoms with Crippen molar-refractivity contribution in [2.75, 3.05) is 44.1 Å². The molecule has 208 valence electrons. The summed E-state index contributed by atoms with van der Waals surface area (Å²) < 4.78 is 30.7. The molecule has 0 saturated carbocycles. The van der Waals surface area contributed by atoms with Gasteiger partial charge in [-0.2, -0.15) is 0 Å². The Labute approximate surface area is 230 Å². The number of hydrogen-bond donors (Lipinski definition) is 3. The SMILES string of the molecule is COCCCNc1nccc(-c2[nH]c(C3OCC(C)(C(=O)Nc4cccnc4)CO3)nc2-c2ccc(F)cc2)n1. The van der Waals surface area contributed by atoms with Crippen molar-refractivity contribution in [1.29, 1.82) is 0 Å². The minimum absolute atomic E-state index is 0.106. The summed E-state index contributed by atoms with van der Waals surface area (Å²) in [5.41, 5.74) is 2.08. The minimum atomic E-state index is -0.919. The molecular weight excluding hydrogens is 517 g/mol. The van der Waals surface area contributed by atoms with Crippen LogP contribution >= 0.6 is 0 Å². The van der Waals surface area contributed by atoms with Crippen LogP contribution in [0.15, 0.2) is 61.1 Å². The molecule has 1 amide bonds. The average molecular weight is 548 g/mol. The number of nitrogens with zero attached hydrogens (tertiary/aromatic N) is 4. The molecule has 1 fully saturated rings. The topological polar surface area (TPSA) is 136 Å². The third-order valence-corrected chi connectivity index (χ3v) is 6.36. The molecule has 4 heterocycles. The zero-order valence-electron chi connectivity index (χ0n) is 22.2. The predicted molar refractivity (Wildman–Crippen MR) is 146 cm³/mol. The molecule has 1 aromatic carbocycles. The Bertz CT molecular complexity index is 1420. The molecule has 0 unspecified atom stereocenters. The number of H-pyrrole nitrogens is 1. The van der Waals surface area contributed by atoms with Gasteiger partial charge in [0.25, 0.3) is 0 Å². The van der Waals surface area contributed by atoms with Gasteiger partial charge in [0, 0.05) is 38.2 Å². The van der Waals surface area contributed by atoms with Crippen LogP contribution in [-0.4, -0.2) is 64.3 Å². The first-order chi connectivity index (χ1) is 19.4. The highest BCUT2D eigenvalue weighted by molar-refractivity contribution is 5.95. The summed E-state index contributed by atoms with van der Waals surface area (Å²) in [5.74, 6) is 0.263. The zero-order valence-corrected chi connectivity index (χ0v) is 22.2. The quantitative estimate of drug-likeness (QED) is 0.250. The van der Waals surface area contributed by atoms with Gasteiger partial charge in [-0.3, -0.25) is 9.78 Å². The fourth-order valence-electron chi connectivity index (χ4n) is 4.12. The van der Waals surface area contributed by atoms with E-state index in [4.69, 9.17) is 19.2 Å². The van der Waals surface area contributed by atoms with E-state index in [0.717, 1.165) is 6.42 Å². The van der Waals surface area contributed by atoms with E-state index in [2.05, 4.69) is 30.6 Å². The molecule has 0 aliphatic carbocycles. The van der Waals surface area contributed by atoms with Crippen LogP contribution in [0.5, 0.6) is 0 Å². The second-order valence-corrected chi connectivity index (χ2v) is 9.60. The lowest BCUT2D eigenvalue weighted by Gasteiger charge is -2.35. The number of amides is 1. The number of ether oxygens (including phenoxy) is 3. The van der Waals surface area contributed by atoms with Crippen LogP contribution in [0.1, 0.15) is 25.5 Å². The Kier molecular flexibility index (Phi) is 8.39. The highest BCUT2D eigenvalue weighted by Gasteiger charge is 2.41.